The summed E-state index contributed by atoms with van der Waals surface area (Å²) in [6.07, 6.45) is 8.61. The zero-order valence-electron chi connectivity index (χ0n) is 10.0. The van der Waals surface area contributed by atoms with Crippen molar-refractivity contribution in [1.29, 1.82) is 0 Å². The van der Waals surface area contributed by atoms with Crippen LogP contribution < -0.4 is 0 Å². The number of carboxylic acid groups (broad SMARTS) is 1. The number of aliphatic carboxylic acids is 1. The van der Waals surface area contributed by atoms with Crippen molar-refractivity contribution in [3.05, 3.63) is 16.1 Å². The van der Waals surface area contributed by atoms with Gasteiger partial charge in [-0.05, 0) is 12.8 Å². The molecule has 0 aromatic carbocycles. The minimum atomic E-state index is -0.742. The maximum atomic E-state index is 10.5. The van der Waals surface area contributed by atoms with Gasteiger partial charge in [0.2, 0.25) is 0 Å². The van der Waals surface area contributed by atoms with Crippen LogP contribution in [0.3, 0.4) is 0 Å². The number of aryl methyl sites for hydroxylation is 1. The van der Waals surface area contributed by atoms with E-state index in [1.165, 1.54) is 43.5 Å². The third-order valence-electron chi connectivity index (χ3n) is 3.37. The molecule has 3 nitrogen and oxygen atoms in total. The lowest BCUT2D eigenvalue weighted by Crippen LogP contribution is -2.00. The topological polar surface area (TPSA) is 50.2 Å². The molecule has 2 rings (SSSR count). The third kappa shape index (κ3) is 3.80. The molecule has 94 valence electrons. The smallest absolute Gasteiger partial charge is 0.303 e. The van der Waals surface area contributed by atoms with Crippen LogP contribution in [0.4, 0.5) is 0 Å². The number of nitrogens with zero attached hydrogens (tertiary/aromatic N) is 1. The normalized spacial score (nSPS) is 17.9. The van der Waals surface area contributed by atoms with Crippen LogP contribution in [0, 0.1) is 0 Å². The Morgan fingerprint density at radius 2 is 2.06 bits per heavy atom. The minimum absolute atomic E-state index is 0.188. The molecule has 1 saturated carbocycles. The first kappa shape index (κ1) is 12.6. The van der Waals surface area contributed by atoms with Crippen molar-refractivity contribution >= 4 is 17.3 Å². The summed E-state index contributed by atoms with van der Waals surface area (Å²) in [5, 5.41) is 11.9. The Kier molecular flexibility index (Phi) is 4.54. The fourth-order valence-electron chi connectivity index (χ4n) is 2.39. The molecule has 1 fully saturated rings. The van der Waals surface area contributed by atoms with E-state index in [1.807, 2.05) is 5.38 Å². The molecule has 0 saturated heterocycles. The van der Waals surface area contributed by atoms with Crippen molar-refractivity contribution in [2.24, 2.45) is 0 Å². The average molecular weight is 253 g/mol. The second kappa shape index (κ2) is 6.15. The molecule has 1 N–H and O–H groups in total. The molecular weight excluding hydrogens is 234 g/mol. The molecule has 0 atom stereocenters. The van der Waals surface area contributed by atoms with Crippen LogP contribution in [0.15, 0.2) is 5.38 Å². The van der Waals surface area contributed by atoms with E-state index < -0.39 is 5.97 Å². The van der Waals surface area contributed by atoms with Gasteiger partial charge >= 0.3 is 5.97 Å². The van der Waals surface area contributed by atoms with E-state index >= 15 is 0 Å². The molecule has 1 aliphatic carbocycles. The fourth-order valence-corrected chi connectivity index (χ4v) is 3.41. The minimum Gasteiger partial charge on any atom is -0.481 e. The summed E-state index contributed by atoms with van der Waals surface area (Å²) in [6, 6.07) is 0. The number of thiazole rings is 1. The van der Waals surface area contributed by atoms with Crippen LogP contribution in [0.25, 0.3) is 0 Å². The van der Waals surface area contributed by atoms with Crippen molar-refractivity contribution < 1.29 is 9.90 Å². The van der Waals surface area contributed by atoms with Crippen LogP contribution in [-0.2, 0) is 11.2 Å². The van der Waals surface area contributed by atoms with E-state index in [9.17, 15) is 4.79 Å². The maximum absolute atomic E-state index is 10.5. The molecule has 0 spiro atoms. The second-order valence-corrected chi connectivity index (χ2v) is 5.65. The number of hydrogen-bond acceptors (Lipinski definition) is 3. The van der Waals surface area contributed by atoms with Crippen LogP contribution in [0.5, 0.6) is 0 Å². The highest BCUT2D eigenvalue weighted by molar-refractivity contribution is 7.09. The van der Waals surface area contributed by atoms with Crippen molar-refractivity contribution in [1.82, 2.24) is 4.98 Å². The molecule has 1 aliphatic rings. The largest absolute Gasteiger partial charge is 0.481 e. The molecule has 0 amide bonds. The van der Waals surface area contributed by atoms with E-state index in [1.54, 1.807) is 11.3 Å². The van der Waals surface area contributed by atoms with Gasteiger partial charge < -0.3 is 5.11 Å². The number of carbonyl (C=O) groups is 1. The van der Waals surface area contributed by atoms with Crippen molar-refractivity contribution in [2.75, 3.05) is 0 Å². The van der Waals surface area contributed by atoms with Gasteiger partial charge in [-0.1, -0.05) is 25.7 Å². The Morgan fingerprint density at radius 3 is 2.71 bits per heavy atom. The van der Waals surface area contributed by atoms with Crippen molar-refractivity contribution in [3.8, 4) is 0 Å². The summed E-state index contributed by atoms with van der Waals surface area (Å²) in [6.45, 7) is 0. The lowest BCUT2D eigenvalue weighted by atomic mass is 10.0. The van der Waals surface area contributed by atoms with Gasteiger partial charge in [0.25, 0.3) is 0 Å². The number of aromatic nitrogens is 1. The Labute approximate surface area is 106 Å². The Morgan fingerprint density at radius 1 is 1.35 bits per heavy atom. The van der Waals surface area contributed by atoms with E-state index in [2.05, 4.69) is 4.98 Å². The van der Waals surface area contributed by atoms with Crippen molar-refractivity contribution in [3.63, 3.8) is 0 Å². The van der Waals surface area contributed by atoms with E-state index in [4.69, 9.17) is 5.11 Å². The average Bonchev–Trinajstić information content (AvgIpc) is 2.60. The van der Waals surface area contributed by atoms with Crippen LogP contribution in [0.1, 0.15) is 61.6 Å². The van der Waals surface area contributed by atoms with E-state index in [-0.39, 0.29) is 6.42 Å². The Hall–Kier alpha value is -0.900. The summed E-state index contributed by atoms with van der Waals surface area (Å²) >= 11 is 1.71. The van der Waals surface area contributed by atoms with Crippen molar-refractivity contribution in [2.45, 2.75) is 57.3 Å². The monoisotopic (exact) mass is 253 g/mol. The second-order valence-electron chi connectivity index (χ2n) is 4.76. The zero-order chi connectivity index (χ0) is 12.1. The first-order chi connectivity index (χ1) is 8.25. The van der Waals surface area contributed by atoms with Crippen LogP contribution in [0.2, 0.25) is 0 Å². The number of hydrogen-bond donors (Lipinski definition) is 1. The van der Waals surface area contributed by atoms with Crippen LogP contribution in [-0.4, -0.2) is 16.1 Å². The predicted octanol–water partition coefficient (Wildman–Crippen LogP) is 3.60. The molecule has 1 heterocycles. The van der Waals surface area contributed by atoms with Gasteiger partial charge in [-0.2, -0.15) is 0 Å². The quantitative estimate of drug-likeness (QED) is 0.834. The summed E-state index contributed by atoms with van der Waals surface area (Å²) in [7, 11) is 0. The molecule has 17 heavy (non-hydrogen) atoms. The van der Waals surface area contributed by atoms with Gasteiger partial charge in [0, 0.05) is 17.7 Å². The molecule has 0 aliphatic heterocycles. The van der Waals surface area contributed by atoms with Gasteiger partial charge in [-0.3, -0.25) is 4.79 Å². The van der Waals surface area contributed by atoms with Gasteiger partial charge in [0.15, 0.2) is 0 Å². The number of rotatable bonds is 4. The molecule has 1 aromatic rings. The third-order valence-corrected chi connectivity index (χ3v) is 4.42. The predicted molar refractivity (Wildman–Crippen MR) is 68.5 cm³/mol. The molecule has 0 bridgehead atoms. The first-order valence-electron chi connectivity index (χ1n) is 6.42. The molecule has 4 heteroatoms. The fraction of sp³-hybridized carbons (Fsp3) is 0.692. The maximum Gasteiger partial charge on any atom is 0.303 e. The highest BCUT2D eigenvalue weighted by Crippen LogP contribution is 2.33. The van der Waals surface area contributed by atoms with Gasteiger partial charge in [0.05, 0.1) is 17.1 Å². The molecule has 0 unspecified atom stereocenters. The summed E-state index contributed by atoms with van der Waals surface area (Å²) < 4.78 is 0. The first-order valence-corrected chi connectivity index (χ1v) is 7.30. The standard InChI is InChI=1S/C13H19NO2S/c15-12(16)8-7-11-9-17-13(14-11)10-5-3-1-2-4-6-10/h9-10H,1-8H2,(H,15,16). The molecule has 1 aromatic heterocycles. The SMILES string of the molecule is O=C(O)CCc1csc(C2CCCCCC2)n1. The van der Waals surface area contributed by atoms with Gasteiger partial charge in [-0.25, -0.2) is 4.98 Å². The highest BCUT2D eigenvalue weighted by atomic mass is 32.1. The molecule has 0 radical (unpaired) electrons. The highest BCUT2D eigenvalue weighted by Gasteiger charge is 2.17. The van der Waals surface area contributed by atoms with Gasteiger partial charge in [0.1, 0.15) is 0 Å². The summed E-state index contributed by atoms with van der Waals surface area (Å²) in [4.78, 5) is 15.1. The molecular formula is C13H19NO2S. The Bertz CT molecular complexity index is 367. The summed E-state index contributed by atoms with van der Waals surface area (Å²) in [5.74, 6) is -0.116. The summed E-state index contributed by atoms with van der Waals surface area (Å²) in [5.41, 5.74) is 0.955. The lowest BCUT2D eigenvalue weighted by Gasteiger charge is -2.09. The van der Waals surface area contributed by atoms with Crippen LogP contribution >= 0.6 is 11.3 Å². The zero-order valence-corrected chi connectivity index (χ0v) is 10.8. The number of carboxylic acids is 1. The van der Waals surface area contributed by atoms with E-state index in [0.29, 0.717) is 12.3 Å². The lowest BCUT2D eigenvalue weighted by molar-refractivity contribution is -0.136. The van der Waals surface area contributed by atoms with Gasteiger partial charge in [-0.15, -0.1) is 11.3 Å². The Balaban J connectivity index is 1.94. The van der Waals surface area contributed by atoms with E-state index in [0.717, 1.165) is 5.69 Å².